The maximum atomic E-state index is 3.54. The van der Waals surface area contributed by atoms with Crippen molar-refractivity contribution in [3.8, 4) is 0 Å². The van der Waals surface area contributed by atoms with E-state index in [0.29, 0.717) is 5.41 Å². The molecule has 88 valence electrons. The quantitative estimate of drug-likeness (QED) is 0.746. The zero-order valence-electron chi connectivity index (χ0n) is 10.7. The maximum Gasteiger partial charge on any atom is -0.00118 e. The van der Waals surface area contributed by atoms with Gasteiger partial charge in [0.2, 0.25) is 0 Å². The highest BCUT2D eigenvalue weighted by Crippen LogP contribution is 2.53. The van der Waals surface area contributed by atoms with Crippen molar-refractivity contribution in [2.45, 2.75) is 39.0 Å². The van der Waals surface area contributed by atoms with Gasteiger partial charge in [-0.3, -0.25) is 0 Å². The number of rotatable bonds is 5. The predicted molar refractivity (Wildman–Crippen MR) is 69.8 cm³/mol. The molecule has 0 aliphatic heterocycles. The van der Waals surface area contributed by atoms with E-state index in [2.05, 4.69) is 50.4 Å². The Labute approximate surface area is 99.3 Å². The molecule has 0 saturated heterocycles. The van der Waals surface area contributed by atoms with Crippen molar-refractivity contribution in [2.24, 2.45) is 5.92 Å². The summed E-state index contributed by atoms with van der Waals surface area (Å²) in [5.41, 5.74) is 3.34. The average molecular weight is 217 g/mol. The molecule has 0 spiro atoms. The summed E-state index contributed by atoms with van der Waals surface area (Å²) in [6.45, 7) is 9.14. The molecule has 0 radical (unpaired) electrons. The molecule has 0 heterocycles. The van der Waals surface area contributed by atoms with Gasteiger partial charge in [0.15, 0.2) is 0 Å². The van der Waals surface area contributed by atoms with Crippen LogP contribution < -0.4 is 5.32 Å². The van der Waals surface area contributed by atoms with Gasteiger partial charge in [0.25, 0.3) is 0 Å². The lowest BCUT2D eigenvalue weighted by molar-refractivity contribution is 0.575. The average Bonchev–Trinajstić information content (AvgIpc) is 2.92. The van der Waals surface area contributed by atoms with Crippen molar-refractivity contribution in [3.63, 3.8) is 0 Å². The first-order valence-corrected chi connectivity index (χ1v) is 6.44. The second-order valence-electron chi connectivity index (χ2n) is 5.39. The molecule has 2 atom stereocenters. The first-order valence-electron chi connectivity index (χ1n) is 6.44. The molecule has 1 aliphatic rings. The molecule has 1 aromatic carbocycles. The van der Waals surface area contributed by atoms with Crippen molar-refractivity contribution >= 4 is 0 Å². The van der Waals surface area contributed by atoms with E-state index in [1.807, 2.05) is 0 Å². The Bertz CT molecular complexity index is 358. The van der Waals surface area contributed by atoms with E-state index in [-0.39, 0.29) is 0 Å². The number of hydrogen-bond donors (Lipinski definition) is 1. The van der Waals surface area contributed by atoms with E-state index in [9.17, 15) is 0 Å². The first kappa shape index (κ1) is 11.7. The Balaban J connectivity index is 1.96. The molecule has 1 heteroatoms. The largest absolute Gasteiger partial charge is 0.316 e. The zero-order valence-corrected chi connectivity index (χ0v) is 10.7. The molecule has 0 amide bonds. The molecule has 16 heavy (non-hydrogen) atoms. The van der Waals surface area contributed by atoms with Gasteiger partial charge in [-0.1, -0.05) is 43.7 Å². The summed E-state index contributed by atoms with van der Waals surface area (Å²) in [5, 5.41) is 3.54. The number of benzene rings is 1. The highest BCUT2D eigenvalue weighted by Gasteiger charge is 2.50. The molecule has 1 N–H and O–H groups in total. The Morgan fingerprint density at radius 2 is 2.25 bits per heavy atom. The minimum atomic E-state index is 0.437. The van der Waals surface area contributed by atoms with E-state index < -0.39 is 0 Å². The monoisotopic (exact) mass is 217 g/mol. The lowest BCUT2D eigenvalue weighted by Crippen LogP contribution is -2.20. The van der Waals surface area contributed by atoms with E-state index in [1.54, 1.807) is 0 Å². The molecule has 2 rings (SSSR count). The molecule has 2 unspecified atom stereocenters. The summed E-state index contributed by atoms with van der Waals surface area (Å²) in [7, 11) is 0. The SMILES string of the molecule is CCCNCC1CC1(C)c1cccc(C)c1. The van der Waals surface area contributed by atoms with Crippen LogP contribution in [-0.2, 0) is 5.41 Å². The summed E-state index contributed by atoms with van der Waals surface area (Å²) in [6.07, 6.45) is 2.57. The van der Waals surface area contributed by atoms with Crippen LogP contribution in [0.25, 0.3) is 0 Å². The fraction of sp³-hybridized carbons (Fsp3) is 0.600. The lowest BCUT2D eigenvalue weighted by atomic mass is 9.94. The van der Waals surface area contributed by atoms with Gasteiger partial charge < -0.3 is 5.32 Å². The van der Waals surface area contributed by atoms with Crippen LogP contribution >= 0.6 is 0 Å². The van der Waals surface area contributed by atoms with Gasteiger partial charge in [-0.05, 0) is 49.8 Å². The number of nitrogens with one attached hydrogen (secondary N) is 1. The van der Waals surface area contributed by atoms with Crippen LogP contribution in [0.3, 0.4) is 0 Å². The minimum absolute atomic E-state index is 0.437. The number of hydrogen-bond acceptors (Lipinski definition) is 1. The van der Waals surface area contributed by atoms with Crippen molar-refractivity contribution in [2.75, 3.05) is 13.1 Å². The van der Waals surface area contributed by atoms with Crippen molar-refractivity contribution in [3.05, 3.63) is 35.4 Å². The summed E-state index contributed by atoms with van der Waals surface area (Å²) < 4.78 is 0. The van der Waals surface area contributed by atoms with Crippen LogP contribution in [-0.4, -0.2) is 13.1 Å². The summed E-state index contributed by atoms with van der Waals surface area (Å²) >= 11 is 0. The smallest absolute Gasteiger partial charge is 0.00118 e. The molecule has 1 nitrogen and oxygen atoms in total. The van der Waals surface area contributed by atoms with Gasteiger partial charge in [-0.2, -0.15) is 0 Å². The highest BCUT2D eigenvalue weighted by atomic mass is 14.9. The first-order chi connectivity index (χ1) is 7.66. The third-order valence-electron chi connectivity index (χ3n) is 3.91. The third-order valence-corrected chi connectivity index (χ3v) is 3.91. The molecular formula is C15H23N. The van der Waals surface area contributed by atoms with Crippen molar-refractivity contribution in [1.82, 2.24) is 5.32 Å². The summed E-state index contributed by atoms with van der Waals surface area (Å²) in [6, 6.07) is 9.00. The standard InChI is InChI=1S/C15H23N/c1-4-8-16-11-14-10-15(14,3)13-7-5-6-12(2)9-13/h5-7,9,14,16H,4,8,10-11H2,1-3H3. The Kier molecular flexibility index (Phi) is 3.34. The normalized spacial score (nSPS) is 28.1. The van der Waals surface area contributed by atoms with Crippen molar-refractivity contribution in [1.29, 1.82) is 0 Å². The third kappa shape index (κ3) is 2.30. The van der Waals surface area contributed by atoms with Gasteiger partial charge in [0.1, 0.15) is 0 Å². The van der Waals surface area contributed by atoms with E-state index in [1.165, 1.54) is 30.5 Å². The lowest BCUT2D eigenvalue weighted by Gasteiger charge is -2.13. The van der Waals surface area contributed by atoms with Gasteiger partial charge in [0.05, 0.1) is 0 Å². The Hall–Kier alpha value is -0.820. The molecule has 0 bridgehead atoms. The van der Waals surface area contributed by atoms with Crippen LogP contribution in [0.15, 0.2) is 24.3 Å². The highest BCUT2D eigenvalue weighted by molar-refractivity contribution is 5.35. The van der Waals surface area contributed by atoms with Crippen LogP contribution in [0.1, 0.15) is 37.8 Å². The Morgan fingerprint density at radius 3 is 2.94 bits per heavy atom. The van der Waals surface area contributed by atoms with E-state index >= 15 is 0 Å². The minimum Gasteiger partial charge on any atom is -0.316 e. The Morgan fingerprint density at radius 1 is 1.44 bits per heavy atom. The maximum absolute atomic E-state index is 3.54. The second kappa shape index (κ2) is 4.58. The van der Waals surface area contributed by atoms with Gasteiger partial charge in [-0.25, -0.2) is 0 Å². The van der Waals surface area contributed by atoms with Crippen LogP contribution in [0.5, 0.6) is 0 Å². The summed E-state index contributed by atoms with van der Waals surface area (Å²) in [5.74, 6) is 0.834. The van der Waals surface area contributed by atoms with Crippen LogP contribution in [0.4, 0.5) is 0 Å². The zero-order chi connectivity index (χ0) is 11.6. The van der Waals surface area contributed by atoms with Gasteiger partial charge in [0, 0.05) is 0 Å². The topological polar surface area (TPSA) is 12.0 Å². The van der Waals surface area contributed by atoms with E-state index in [0.717, 1.165) is 12.5 Å². The fourth-order valence-corrected chi connectivity index (χ4v) is 2.56. The summed E-state index contributed by atoms with van der Waals surface area (Å²) in [4.78, 5) is 0. The van der Waals surface area contributed by atoms with Crippen LogP contribution in [0.2, 0.25) is 0 Å². The number of aryl methyl sites for hydroxylation is 1. The molecule has 1 aliphatic carbocycles. The molecule has 1 fully saturated rings. The fourth-order valence-electron chi connectivity index (χ4n) is 2.56. The second-order valence-corrected chi connectivity index (χ2v) is 5.39. The molecule has 0 aromatic heterocycles. The molecule has 1 saturated carbocycles. The molecule has 1 aromatic rings. The van der Waals surface area contributed by atoms with Gasteiger partial charge >= 0.3 is 0 Å². The van der Waals surface area contributed by atoms with E-state index in [4.69, 9.17) is 0 Å². The predicted octanol–water partition coefficient (Wildman–Crippen LogP) is 3.27. The molecular weight excluding hydrogens is 194 g/mol. The van der Waals surface area contributed by atoms with Crippen LogP contribution in [0, 0.1) is 12.8 Å². The van der Waals surface area contributed by atoms with Crippen molar-refractivity contribution < 1.29 is 0 Å². The van der Waals surface area contributed by atoms with Gasteiger partial charge in [-0.15, -0.1) is 0 Å².